The third-order valence-electron chi connectivity index (χ3n) is 2.12. The molecule has 0 aliphatic rings. The Hall–Kier alpha value is -1.25. The van der Waals surface area contributed by atoms with E-state index >= 15 is 0 Å². The van der Waals surface area contributed by atoms with Crippen LogP contribution in [0.1, 0.15) is 24.0 Å². The highest BCUT2D eigenvalue weighted by Crippen LogP contribution is 2.30. The fourth-order valence-electron chi connectivity index (χ4n) is 1.11. The van der Waals surface area contributed by atoms with Crippen LogP contribution in [-0.2, 0) is 6.18 Å². The van der Waals surface area contributed by atoms with Gasteiger partial charge >= 0.3 is 6.18 Å². The molecular weight excluding hydrogens is 189 g/mol. The lowest BCUT2D eigenvalue weighted by atomic mass is 10.00. The fraction of sp³-hybridized carbons (Fsp3) is 0.273. The first-order valence-corrected chi connectivity index (χ1v) is 4.25. The van der Waals surface area contributed by atoms with Crippen LogP contribution in [0.5, 0.6) is 0 Å². The molecule has 1 atom stereocenters. The van der Waals surface area contributed by atoms with Gasteiger partial charge in [0, 0.05) is 0 Å². The highest BCUT2D eigenvalue weighted by Gasteiger charge is 2.29. The molecule has 76 valence electrons. The molecule has 0 aliphatic heterocycles. The van der Waals surface area contributed by atoms with Crippen molar-refractivity contribution in [1.82, 2.24) is 0 Å². The van der Waals surface area contributed by atoms with Gasteiger partial charge < -0.3 is 0 Å². The van der Waals surface area contributed by atoms with E-state index < -0.39 is 11.7 Å². The molecule has 1 aromatic carbocycles. The summed E-state index contributed by atoms with van der Waals surface area (Å²) in [7, 11) is 0. The molecule has 0 unspecified atom stereocenters. The van der Waals surface area contributed by atoms with Gasteiger partial charge in [-0.1, -0.05) is 25.1 Å². The van der Waals surface area contributed by atoms with Crippen LogP contribution >= 0.6 is 0 Å². The van der Waals surface area contributed by atoms with Crippen molar-refractivity contribution in [2.45, 2.75) is 19.0 Å². The summed E-state index contributed by atoms with van der Waals surface area (Å²) in [6.07, 6.45) is -2.56. The number of benzene rings is 1. The van der Waals surface area contributed by atoms with E-state index in [4.69, 9.17) is 0 Å². The standard InChI is InChI=1S/C11H11F3/c1-3-8(2)9-4-6-10(7-5-9)11(12,13)14/h3-8H,1H2,2H3/t8-/m1/s1. The molecule has 0 radical (unpaired) electrons. The molecule has 0 spiro atoms. The van der Waals surface area contributed by atoms with E-state index in [-0.39, 0.29) is 5.92 Å². The lowest BCUT2D eigenvalue weighted by Gasteiger charge is -2.09. The molecule has 3 heteroatoms. The van der Waals surface area contributed by atoms with E-state index in [2.05, 4.69) is 6.58 Å². The Morgan fingerprint density at radius 2 is 1.71 bits per heavy atom. The maximum atomic E-state index is 12.2. The predicted octanol–water partition coefficient (Wildman–Crippen LogP) is 3.99. The minimum Gasteiger partial charge on any atom is -0.166 e. The summed E-state index contributed by atoms with van der Waals surface area (Å²) < 4.78 is 36.5. The Kier molecular flexibility index (Phi) is 2.99. The second-order valence-corrected chi connectivity index (χ2v) is 3.14. The number of rotatable bonds is 2. The lowest BCUT2D eigenvalue weighted by Crippen LogP contribution is -2.04. The molecule has 0 N–H and O–H groups in total. The molecule has 0 saturated heterocycles. The Morgan fingerprint density at radius 3 is 2.07 bits per heavy atom. The Bertz CT molecular complexity index is 308. The van der Waals surface area contributed by atoms with Crippen LogP contribution in [0.15, 0.2) is 36.9 Å². The number of hydrogen-bond donors (Lipinski definition) is 0. The van der Waals surface area contributed by atoms with Crippen LogP contribution in [0.2, 0.25) is 0 Å². The van der Waals surface area contributed by atoms with Crippen molar-refractivity contribution in [1.29, 1.82) is 0 Å². The third kappa shape index (κ3) is 2.37. The third-order valence-corrected chi connectivity index (χ3v) is 2.12. The topological polar surface area (TPSA) is 0 Å². The van der Waals surface area contributed by atoms with Gasteiger partial charge in [-0.25, -0.2) is 0 Å². The van der Waals surface area contributed by atoms with Crippen LogP contribution in [0, 0.1) is 0 Å². The van der Waals surface area contributed by atoms with Gasteiger partial charge in [-0.3, -0.25) is 0 Å². The van der Waals surface area contributed by atoms with Crippen molar-refractivity contribution in [3.05, 3.63) is 48.0 Å². The summed E-state index contributed by atoms with van der Waals surface area (Å²) in [6.45, 7) is 5.47. The second-order valence-electron chi connectivity index (χ2n) is 3.14. The Labute approximate surface area is 81.1 Å². The molecule has 0 saturated carbocycles. The molecule has 0 amide bonds. The zero-order chi connectivity index (χ0) is 10.8. The first-order chi connectivity index (χ1) is 6.45. The average molecular weight is 200 g/mol. The normalized spacial score (nSPS) is 13.7. The number of halogens is 3. The predicted molar refractivity (Wildman–Crippen MR) is 50.1 cm³/mol. The molecule has 1 rings (SSSR count). The number of hydrogen-bond acceptors (Lipinski definition) is 0. The van der Waals surface area contributed by atoms with Gasteiger partial charge in [-0.05, 0) is 23.6 Å². The van der Waals surface area contributed by atoms with E-state index in [1.54, 1.807) is 6.08 Å². The van der Waals surface area contributed by atoms with E-state index in [0.717, 1.165) is 17.7 Å². The van der Waals surface area contributed by atoms with Gasteiger partial charge in [-0.15, -0.1) is 6.58 Å². The number of allylic oxidation sites excluding steroid dienone is 1. The van der Waals surface area contributed by atoms with Crippen molar-refractivity contribution in [3.63, 3.8) is 0 Å². The number of alkyl halides is 3. The lowest BCUT2D eigenvalue weighted by molar-refractivity contribution is -0.137. The maximum Gasteiger partial charge on any atom is 0.416 e. The highest BCUT2D eigenvalue weighted by molar-refractivity contribution is 5.28. The zero-order valence-electron chi connectivity index (χ0n) is 7.81. The van der Waals surface area contributed by atoms with Gasteiger partial charge in [0.25, 0.3) is 0 Å². The fourth-order valence-corrected chi connectivity index (χ4v) is 1.11. The van der Waals surface area contributed by atoms with Crippen molar-refractivity contribution in [2.75, 3.05) is 0 Å². The van der Waals surface area contributed by atoms with Gasteiger partial charge in [0.2, 0.25) is 0 Å². The molecule has 0 aromatic heterocycles. The van der Waals surface area contributed by atoms with Gasteiger partial charge in [0.05, 0.1) is 5.56 Å². The molecule has 0 nitrogen and oxygen atoms in total. The van der Waals surface area contributed by atoms with Crippen molar-refractivity contribution >= 4 is 0 Å². The first-order valence-electron chi connectivity index (χ1n) is 4.25. The van der Waals surface area contributed by atoms with E-state index in [1.807, 2.05) is 6.92 Å². The summed E-state index contributed by atoms with van der Waals surface area (Å²) in [5.74, 6) is 0.0808. The van der Waals surface area contributed by atoms with Crippen LogP contribution in [0.25, 0.3) is 0 Å². The largest absolute Gasteiger partial charge is 0.416 e. The minimum atomic E-state index is -4.25. The van der Waals surface area contributed by atoms with Crippen LogP contribution in [-0.4, -0.2) is 0 Å². The second kappa shape index (κ2) is 3.86. The molecule has 0 bridgehead atoms. The molecule has 14 heavy (non-hydrogen) atoms. The average Bonchev–Trinajstić information content (AvgIpc) is 2.15. The van der Waals surface area contributed by atoms with Crippen molar-refractivity contribution in [3.8, 4) is 0 Å². The molecule has 1 aromatic rings. The maximum absolute atomic E-state index is 12.2. The van der Waals surface area contributed by atoms with Gasteiger partial charge in [0.15, 0.2) is 0 Å². The van der Waals surface area contributed by atoms with Crippen LogP contribution in [0.3, 0.4) is 0 Å². The summed E-state index contributed by atoms with van der Waals surface area (Å²) in [5, 5.41) is 0. The quantitative estimate of drug-likeness (QED) is 0.633. The molecule has 0 heterocycles. The first kappa shape index (κ1) is 10.8. The van der Waals surface area contributed by atoms with Crippen molar-refractivity contribution < 1.29 is 13.2 Å². The highest BCUT2D eigenvalue weighted by atomic mass is 19.4. The monoisotopic (exact) mass is 200 g/mol. The zero-order valence-corrected chi connectivity index (χ0v) is 7.81. The molecular formula is C11H11F3. The van der Waals surface area contributed by atoms with Gasteiger partial charge in [-0.2, -0.15) is 13.2 Å². The summed E-state index contributed by atoms with van der Waals surface area (Å²) >= 11 is 0. The van der Waals surface area contributed by atoms with E-state index in [1.165, 1.54) is 12.1 Å². The minimum absolute atomic E-state index is 0.0808. The smallest absolute Gasteiger partial charge is 0.166 e. The van der Waals surface area contributed by atoms with E-state index in [9.17, 15) is 13.2 Å². The Morgan fingerprint density at radius 1 is 1.21 bits per heavy atom. The van der Waals surface area contributed by atoms with Crippen LogP contribution < -0.4 is 0 Å². The summed E-state index contributed by atoms with van der Waals surface area (Å²) in [4.78, 5) is 0. The summed E-state index contributed by atoms with van der Waals surface area (Å²) in [5.41, 5.74) is 0.227. The van der Waals surface area contributed by atoms with Crippen molar-refractivity contribution in [2.24, 2.45) is 0 Å². The molecule has 0 aliphatic carbocycles. The Balaban J connectivity index is 2.95. The van der Waals surface area contributed by atoms with Crippen LogP contribution in [0.4, 0.5) is 13.2 Å². The van der Waals surface area contributed by atoms with Gasteiger partial charge in [0.1, 0.15) is 0 Å². The van der Waals surface area contributed by atoms with E-state index in [0.29, 0.717) is 0 Å². The SMILES string of the molecule is C=C[C@@H](C)c1ccc(C(F)(F)F)cc1. The summed E-state index contributed by atoms with van der Waals surface area (Å²) in [6, 6.07) is 5.15. The molecule has 0 fully saturated rings.